The molecule has 0 saturated heterocycles. The van der Waals surface area contributed by atoms with Crippen LogP contribution in [0.2, 0.25) is 0 Å². The van der Waals surface area contributed by atoms with Gasteiger partial charge in [0.2, 0.25) is 10.0 Å². The van der Waals surface area contributed by atoms with Crippen molar-refractivity contribution in [3.63, 3.8) is 0 Å². The average Bonchev–Trinajstić information content (AvgIpc) is 2.97. The Morgan fingerprint density at radius 1 is 0.850 bits per heavy atom. The van der Waals surface area contributed by atoms with E-state index in [0.717, 1.165) is 5.56 Å². The number of esters is 1. The molecule has 4 aromatic rings. The van der Waals surface area contributed by atoms with Gasteiger partial charge in [0.15, 0.2) is 6.04 Å². The number of ether oxygens (including phenoxy) is 1. The fourth-order valence-electron chi connectivity index (χ4n) is 4.10. The molecule has 0 unspecified atom stereocenters. The van der Waals surface area contributed by atoms with Crippen LogP contribution in [0.15, 0.2) is 119 Å². The molecule has 0 spiro atoms. The number of nitro groups is 1. The van der Waals surface area contributed by atoms with Gasteiger partial charge >= 0.3 is 5.97 Å². The van der Waals surface area contributed by atoms with Gasteiger partial charge in [0.05, 0.1) is 28.7 Å². The van der Waals surface area contributed by atoms with E-state index in [1.807, 2.05) is 67.6 Å². The third kappa shape index (κ3) is 6.66. The van der Waals surface area contributed by atoms with Gasteiger partial charge in [-0.2, -0.15) is 0 Å². The van der Waals surface area contributed by atoms with Crippen molar-refractivity contribution in [1.82, 2.24) is 4.72 Å². The molecule has 0 radical (unpaired) electrons. The van der Waals surface area contributed by atoms with Crippen molar-refractivity contribution in [3.8, 4) is 0 Å². The van der Waals surface area contributed by atoms with Gasteiger partial charge in [-0.15, -0.1) is 0 Å². The number of aryl methyl sites for hydroxylation is 1. The number of benzene rings is 4. The van der Waals surface area contributed by atoms with E-state index in [-0.39, 0.29) is 10.6 Å². The van der Waals surface area contributed by atoms with E-state index in [9.17, 15) is 23.3 Å². The first-order valence-corrected chi connectivity index (χ1v) is 13.8. The minimum Gasteiger partial charge on any atom is -0.467 e. The molecule has 0 fully saturated rings. The molecule has 4 rings (SSSR count). The van der Waals surface area contributed by atoms with Crippen molar-refractivity contribution >= 4 is 27.4 Å². The number of rotatable bonds is 10. The molecular weight excluding hydrogens is 530 g/mol. The molecule has 40 heavy (non-hydrogen) atoms. The van der Waals surface area contributed by atoms with Crippen LogP contribution in [0.25, 0.3) is 0 Å². The zero-order valence-corrected chi connectivity index (χ0v) is 22.6. The van der Waals surface area contributed by atoms with Crippen molar-refractivity contribution < 1.29 is 22.9 Å². The molecule has 4 aromatic carbocycles. The van der Waals surface area contributed by atoms with Gasteiger partial charge in [-0.25, -0.2) is 17.9 Å². The second kappa shape index (κ2) is 12.5. The monoisotopic (exact) mass is 557 g/mol. The van der Waals surface area contributed by atoms with Gasteiger partial charge < -0.3 is 4.74 Å². The van der Waals surface area contributed by atoms with Crippen LogP contribution in [0.5, 0.6) is 0 Å². The molecule has 204 valence electrons. The van der Waals surface area contributed by atoms with Gasteiger partial charge in [0.1, 0.15) is 0 Å². The summed E-state index contributed by atoms with van der Waals surface area (Å²) >= 11 is 0. The van der Waals surface area contributed by atoms with Gasteiger partial charge in [-0.3, -0.25) is 15.1 Å². The average molecular weight is 558 g/mol. The highest BCUT2D eigenvalue weighted by atomic mass is 32.2. The molecule has 0 aliphatic carbocycles. The predicted octanol–water partition coefficient (Wildman–Crippen LogP) is 5.00. The smallest absolute Gasteiger partial charge is 0.332 e. The Labute approximate surface area is 232 Å². The maximum atomic E-state index is 13.5. The van der Waals surface area contributed by atoms with E-state index < -0.39 is 33.0 Å². The van der Waals surface area contributed by atoms with Crippen LogP contribution in [0.3, 0.4) is 0 Å². The molecule has 1 N–H and O–H groups in total. The SMILES string of the molecule is COC(=O)[C@@H](N=C(c1ccccc1)c1ccccc1)[C@@H](NS(=O)(=O)c1ccc(C)cc1)c1ccc([N+](=O)[O-])cc1. The quantitative estimate of drug-likeness (QED) is 0.126. The summed E-state index contributed by atoms with van der Waals surface area (Å²) in [5, 5.41) is 11.3. The van der Waals surface area contributed by atoms with Gasteiger partial charge in [-0.1, -0.05) is 90.5 Å². The van der Waals surface area contributed by atoms with Crippen LogP contribution < -0.4 is 4.72 Å². The van der Waals surface area contributed by atoms with Crippen LogP contribution in [-0.2, 0) is 19.6 Å². The van der Waals surface area contributed by atoms with E-state index in [1.54, 1.807) is 12.1 Å². The van der Waals surface area contributed by atoms with Gasteiger partial charge in [-0.05, 0) is 24.6 Å². The number of carbonyl (C=O) groups is 1. The molecular formula is C30H27N3O6S. The van der Waals surface area contributed by atoms with Crippen LogP contribution in [0.1, 0.15) is 28.3 Å². The van der Waals surface area contributed by atoms with Crippen LogP contribution >= 0.6 is 0 Å². The molecule has 0 heterocycles. The van der Waals surface area contributed by atoms with Crippen LogP contribution in [0, 0.1) is 17.0 Å². The summed E-state index contributed by atoms with van der Waals surface area (Å²) in [7, 11) is -2.97. The Kier molecular flexibility index (Phi) is 8.83. The largest absolute Gasteiger partial charge is 0.467 e. The molecule has 0 aliphatic rings. The minimum atomic E-state index is -4.16. The zero-order valence-electron chi connectivity index (χ0n) is 21.8. The third-order valence-electron chi connectivity index (χ3n) is 6.20. The normalized spacial score (nSPS) is 12.7. The summed E-state index contributed by atoms with van der Waals surface area (Å²) in [4.78, 5) is 28.8. The molecule has 0 aliphatic heterocycles. The highest BCUT2D eigenvalue weighted by Gasteiger charge is 2.35. The number of hydrogen-bond donors (Lipinski definition) is 1. The lowest BCUT2D eigenvalue weighted by molar-refractivity contribution is -0.384. The van der Waals surface area contributed by atoms with Crippen molar-refractivity contribution in [1.29, 1.82) is 0 Å². The number of nitro benzene ring substituents is 1. The van der Waals surface area contributed by atoms with Crippen molar-refractivity contribution in [2.75, 3.05) is 7.11 Å². The van der Waals surface area contributed by atoms with E-state index >= 15 is 0 Å². The van der Waals surface area contributed by atoms with E-state index in [2.05, 4.69) is 4.72 Å². The topological polar surface area (TPSA) is 128 Å². The van der Waals surface area contributed by atoms with Gasteiger partial charge in [0.25, 0.3) is 5.69 Å². The second-order valence-corrected chi connectivity index (χ2v) is 10.7. The Morgan fingerprint density at radius 3 is 1.85 bits per heavy atom. The summed E-state index contributed by atoms with van der Waals surface area (Å²) in [6, 6.07) is 27.2. The fourth-order valence-corrected chi connectivity index (χ4v) is 5.33. The molecule has 9 nitrogen and oxygen atoms in total. The molecule has 10 heteroatoms. The van der Waals surface area contributed by atoms with E-state index in [4.69, 9.17) is 9.73 Å². The van der Waals surface area contributed by atoms with Crippen molar-refractivity contribution in [2.45, 2.75) is 23.9 Å². The lowest BCUT2D eigenvalue weighted by Crippen LogP contribution is -2.40. The summed E-state index contributed by atoms with van der Waals surface area (Å²) < 4.78 is 34.8. The Bertz CT molecular complexity index is 1560. The standard InChI is InChI=1S/C30H27N3O6S/c1-21-13-19-26(20-14-21)40(37,38)32-28(24-15-17-25(18-16-24)33(35)36)29(30(34)39-2)31-27(22-9-5-3-6-10-22)23-11-7-4-8-12-23/h3-20,28-29,32H,1-2H3/t28-,29-/m0/s1. The van der Waals surface area contributed by atoms with Crippen LogP contribution in [0.4, 0.5) is 5.69 Å². The Balaban J connectivity index is 1.91. The maximum absolute atomic E-state index is 13.5. The molecule has 0 bridgehead atoms. The minimum absolute atomic E-state index is 0.0102. The first kappa shape index (κ1) is 28.3. The number of methoxy groups -OCH3 is 1. The van der Waals surface area contributed by atoms with Gasteiger partial charge in [0, 0.05) is 23.3 Å². The lowest BCUT2D eigenvalue weighted by Gasteiger charge is -2.25. The number of hydrogen-bond acceptors (Lipinski definition) is 7. The predicted molar refractivity (Wildman–Crippen MR) is 152 cm³/mol. The summed E-state index contributed by atoms with van der Waals surface area (Å²) in [6.45, 7) is 1.83. The third-order valence-corrected chi connectivity index (χ3v) is 7.65. The fraction of sp³-hybridized carbons (Fsp3) is 0.133. The molecule has 0 saturated carbocycles. The molecule has 2 atom stereocenters. The number of nitrogens with one attached hydrogen (secondary N) is 1. The lowest BCUT2D eigenvalue weighted by atomic mass is 9.98. The van der Waals surface area contributed by atoms with Crippen LogP contribution in [-0.4, -0.2) is 38.2 Å². The first-order chi connectivity index (χ1) is 19.2. The van der Waals surface area contributed by atoms with Crippen molar-refractivity contribution in [3.05, 3.63) is 142 Å². The summed E-state index contributed by atoms with van der Waals surface area (Å²) in [5.41, 5.74) is 2.83. The number of sulfonamides is 1. The zero-order chi connectivity index (χ0) is 28.7. The second-order valence-electron chi connectivity index (χ2n) is 8.94. The highest BCUT2D eigenvalue weighted by molar-refractivity contribution is 7.89. The number of aliphatic imine (C=N–C) groups is 1. The Hall–Kier alpha value is -4.67. The number of nitrogens with zero attached hydrogens (tertiary/aromatic N) is 2. The van der Waals surface area contributed by atoms with E-state index in [1.165, 1.54) is 43.5 Å². The molecule has 0 aromatic heterocycles. The van der Waals surface area contributed by atoms with Crippen molar-refractivity contribution in [2.24, 2.45) is 4.99 Å². The Morgan fingerprint density at radius 2 is 1.38 bits per heavy atom. The summed E-state index contributed by atoms with van der Waals surface area (Å²) in [5.74, 6) is -0.792. The molecule has 0 amide bonds. The summed E-state index contributed by atoms with van der Waals surface area (Å²) in [6.07, 6.45) is 0. The maximum Gasteiger partial charge on any atom is 0.332 e. The number of non-ortho nitro benzene ring substituents is 1. The van der Waals surface area contributed by atoms with E-state index in [0.29, 0.717) is 22.4 Å². The number of carbonyl (C=O) groups excluding carboxylic acids is 1. The first-order valence-electron chi connectivity index (χ1n) is 12.3. The highest BCUT2D eigenvalue weighted by Crippen LogP contribution is 2.27.